The van der Waals surface area contributed by atoms with Crippen LogP contribution in [0.25, 0.3) is 0 Å². The van der Waals surface area contributed by atoms with E-state index >= 15 is 0 Å². The third-order valence-corrected chi connectivity index (χ3v) is 3.55. The minimum Gasteiger partial charge on any atom is -0.311 e. The Morgan fingerprint density at radius 2 is 1.71 bits per heavy atom. The summed E-state index contributed by atoms with van der Waals surface area (Å²) >= 11 is 0. The van der Waals surface area contributed by atoms with Gasteiger partial charge in [0.05, 0.1) is 0 Å². The van der Waals surface area contributed by atoms with Crippen molar-refractivity contribution in [2.45, 2.75) is 65.8 Å². The van der Waals surface area contributed by atoms with Gasteiger partial charge in [-0.3, -0.25) is 0 Å². The van der Waals surface area contributed by atoms with Crippen LogP contribution in [0.1, 0.15) is 60.3 Å². The molecule has 1 fully saturated rings. The molecule has 0 saturated heterocycles. The SMILES string of the molecule is CCCC(C)(C)CNC(C)(C)C1CC1. The van der Waals surface area contributed by atoms with Crippen LogP contribution in [0.2, 0.25) is 0 Å². The number of rotatable bonds is 6. The topological polar surface area (TPSA) is 12.0 Å². The maximum atomic E-state index is 3.75. The maximum Gasteiger partial charge on any atom is 0.0153 e. The summed E-state index contributed by atoms with van der Waals surface area (Å²) in [5, 5.41) is 3.75. The summed E-state index contributed by atoms with van der Waals surface area (Å²) in [5.74, 6) is 0.930. The van der Waals surface area contributed by atoms with Gasteiger partial charge in [-0.05, 0) is 44.4 Å². The van der Waals surface area contributed by atoms with E-state index in [2.05, 4.69) is 39.9 Å². The Bertz CT molecular complexity index is 178. The third-order valence-electron chi connectivity index (χ3n) is 3.55. The second-order valence-corrected chi connectivity index (χ2v) is 6.26. The highest BCUT2D eigenvalue weighted by Crippen LogP contribution is 2.39. The van der Waals surface area contributed by atoms with Crippen LogP contribution in [0.15, 0.2) is 0 Å². The highest BCUT2D eigenvalue weighted by molar-refractivity contribution is 4.95. The summed E-state index contributed by atoms with van der Waals surface area (Å²) in [6.45, 7) is 12.9. The molecule has 0 amide bonds. The molecule has 0 unspecified atom stereocenters. The molecule has 0 aromatic carbocycles. The van der Waals surface area contributed by atoms with Gasteiger partial charge in [0.2, 0.25) is 0 Å². The van der Waals surface area contributed by atoms with Crippen molar-refractivity contribution < 1.29 is 0 Å². The molecule has 1 heteroatoms. The Kier molecular flexibility index (Phi) is 3.63. The summed E-state index contributed by atoms with van der Waals surface area (Å²) in [5.41, 5.74) is 0.825. The Hall–Kier alpha value is -0.0400. The first-order valence-corrected chi connectivity index (χ1v) is 6.12. The zero-order valence-electron chi connectivity index (χ0n) is 10.6. The van der Waals surface area contributed by atoms with Gasteiger partial charge in [-0.15, -0.1) is 0 Å². The number of hydrogen-bond acceptors (Lipinski definition) is 1. The molecule has 0 atom stereocenters. The first kappa shape index (κ1) is 12.0. The Morgan fingerprint density at radius 3 is 2.14 bits per heavy atom. The van der Waals surface area contributed by atoms with Crippen molar-refractivity contribution >= 4 is 0 Å². The average Bonchev–Trinajstić information content (AvgIpc) is 2.83. The highest BCUT2D eigenvalue weighted by atomic mass is 15.0. The molecule has 1 rings (SSSR count). The van der Waals surface area contributed by atoms with Gasteiger partial charge < -0.3 is 5.32 Å². The van der Waals surface area contributed by atoms with Crippen LogP contribution in [0, 0.1) is 11.3 Å². The number of nitrogens with one attached hydrogen (secondary N) is 1. The molecule has 0 bridgehead atoms. The van der Waals surface area contributed by atoms with Gasteiger partial charge in [-0.25, -0.2) is 0 Å². The average molecular weight is 197 g/mol. The number of hydrogen-bond donors (Lipinski definition) is 1. The van der Waals surface area contributed by atoms with Crippen LogP contribution in [-0.2, 0) is 0 Å². The predicted octanol–water partition coefficient (Wildman–Crippen LogP) is 3.59. The van der Waals surface area contributed by atoms with E-state index in [0.29, 0.717) is 11.0 Å². The fourth-order valence-corrected chi connectivity index (χ4v) is 2.18. The lowest BCUT2D eigenvalue weighted by molar-refractivity contribution is 0.245. The van der Waals surface area contributed by atoms with E-state index in [4.69, 9.17) is 0 Å². The van der Waals surface area contributed by atoms with E-state index in [1.807, 2.05) is 0 Å². The molecule has 14 heavy (non-hydrogen) atoms. The minimum absolute atomic E-state index is 0.366. The molecule has 1 nitrogen and oxygen atoms in total. The van der Waals surface area contributed by atoms with Crippen LogP contribution >= 0.6 is 0 Å². The van der Waals surface area contributed by atoms with Gasteiger partial charge in [0, 0.05) is 12.1 Å². The fourth-order valence-electron chi connectivity index (χ4n) is 2.18. The third kappa shape index (κ3) is 3.61. The van der Waals surface area contributed by atoms with Gasteiger partial charge in [0.1, 0.15) is 0 Å². The molecule has 1 saturated carbocycles. The molecule has 0 aromatic heterocycles. The van der Waals surface area contributed by atoms with Crippen molar-refractivity contribution in [3.8, 4) is 0 Å². The largest absolute Gasteiger partial charge is 0.311 e. The lowest BCUT2D eigenvalue weighted by Crippen LogP contribution is -2.45. The van der Waals surface area contributed by atoms with Crippen molar-refractivity contribution in [2.24, 2.45) is 11.3 Å². The van der Waals surface area contributed by atoms with Crippen molar-refractivity contribution in [1.29, 1.82) is 0 Å². The van der Waals surface area contributed by atoms with Crippen LogP contribution < -0.4 is 5.32 Å². The van der Waals surface area contributed by atoms with Gasteiger partial charge >= 0.3 is 0 Å². The van der Waals surface area contributed by atoms with E-state index in [-0.39, 0.29) is 0 Å². The lowest BCUT2D eigenvalue weighted by Gasteiger charge is -2.33. The second-order valence-electron chi connectivity index (χ2n) is 6.26. The quantitative estimate of drug-likeness (QED) is 0.686. The summed E-state index contributed by atoms with van der Waals surface area (Å²) in [6.07, 6.45) is 5.46. The van der Waals surface area contributed by atoms with Gasteiger partial charge in [-0.1, -0.05) is 27.2 Å². The summed E-state index contributed by atoms with van der Waals surface area (Å²) in [6, 6.07) is 0. The molecule has 0 heterocycles. The Balaban J connectivity index is 2.30. The molecule has 1 N–H and O–H groups in total. The van der Waals surface area contributed by atoms with E-state index in [1.54, 1.807) is 0 Å². The maximum absolute atomic E-state index is 3.75. The monoisotopic (exact) mass is 197 g/mol. The van der Waals surface area contributed by atoms with E-state index in [9.17, 15) is 0 Å². The van der Waals surface area contributed by atoms with Crippen molar-refractivity contribution in [2.75, 3.05) is 6.54 Å². The zero-order chi connectivity index (χ0) is 10.8. The summed E-state index contributed by atoms with van der Waals surface area (Å²) < 4.78 is 0. The summed E-state index contributed by atoms with van der Waals surface area (Å²) in [4.78, 5) is 0. The van der Waals surface area contributed by atoms with E-state index in [1.165, 1.54) is 25.7 Å². The van der Waals surface area contributed by atoms with Crippen LogP contribution in [0.4, 0.5) is 0 Å². The smallest absolute Gasteiger partial charge is 0.0153 e. The van der Waals surface area contributed by atoms with Crippen molar-refractivity contribution in [1.82, 2.24) is 5.32 Å². The Labute approximate surface area is 89.7 Å². The standard InChI is InChI=1S/C13H27N/c1-6-9-12(2,3)10-14-13(4,5)11-7-8-11/h11,14H,6-10H2,1-5H3. The molecule has 1 aliphatic rings. The molecular formula is C13H27N. The van der Waals surface area contributed by atoms with Crippen molar-refractivity contribution in [3.63, 3.8) is 0 Å². The van der Waals surface area contributed by atoms with Crippen molar-refractivity contribution in [3.05, 3.63) is 0 Å². The van der Waals surface area contributed by atoms with E-state index in [0.717, 1.165) is 12.5 Å². The molecular weight excluding hydrogens is 170 g/mol. The Morgan fingerprint density at radius 1 is 1.14 bits per heavy atom. The second kappa shape index (κ2) is 4.22. The van der Waals surface area contributed by atoms with Crippen LogP contribution in [0.3, 0.4) is 0 Å². The molecule has 84 valence electrons. The predicted molar refractivity (Wildman–Crippen MR) is 63.5 cm³/mol. The lowest BCUT2D eigenvalue weighted by atomic mass is 9.86. The zero-order valence-corrected chi connectivity index (χ0v) is 10.6. The molecule has 0 aliphatic heterocycles. The fraction of sp³-hybridized carbons (Fsp3) is 1.00. The van der Waals surface area contributed by atoms with Crippen LogP contribution in [-0.4, -0.2) is 12.1 Å². The molecule has 0 radical (unpaired) electrons. The molecule has 1 aliphatic carbocycles. The van der Waals surface area contributed by atoms with Gasteiger partial charge in [-0.2, -0.15) is 0 Å². The molecule has 0 spiro atoms. The first-order chi connectivity index (χ1) is 6.37. The molecule has 0 aromatic rings. The summed E-state index contributed by atoms with van der Waals surface area (Å²) in [7, 11) is 0. The highest BCUT2D eigenvalue weighted by Gasteiger charge is 2.37. The van der Waals surface area contributed by atoms with E-state index < -0.39 is 0 Å². The minimum atomic E-state index is 0.366. The van der Waals surface area contributed by atoms with Gasteiger partial charge in [0.15, 0.2) is 0 Å². The van der Waals surface area contributed by atoms with Crippen LogP contribution in [0.5, 0.6) is 0 Å². The normalized spacial score (nSPS) is 18.6. The van der Waals surface area contributed by atoms with Gasteiger partial charge in [0.25, 0.3) is 0 Å². The first-order valence-electron chi connectivity index (χ1n) is 6.12.